The second kappa shape index (κ2) is 8.56. The summed E-state index contributed by atoms with van der Waals surface area (Å²) in [5.41, 5.74) is 3.48. The number of ether oxygens (including phenoxy) is 1. The van der Waals surface area contributed by atoms with Crippen LogP contribution in [0.25, 0.3) is 0 Å². The van der Waals surface area contributed by atoms with Gasteiger partial charge in [-0.25, -0.2) is 0 Å². The number of allylic oxidation sites excluding steroid dienone is 2. The fourth-order valence-corrected chi connectivity index (χ4v) is 5.69. The summed E-state index contributed by atoms with van der Waals surface area (Å²) in [6, 6.07) is 3.98. The van der Waals surface area contributed by atoms with Gasteiger partial charge in [0.05, 0.1) is 12.2 Å². The van der Waals surface area contributed by atoms with Crippen LogP contribution in [0, 0.1) is 6.92 Å². The molecule has 2 aliphatic rings. The van der Waals surface area contributed by atoms with Gasteiger partial charge >= 0.3 is 0 Å². The van der Waals surface area contributed by atoms with Gasteiger partial charge in [0.2, 0.25) is 0 Å². The third-order valence-corrected chi connectivity index (χ3v) is 7.10. The Morgan fingerprint density at radius 1 is 1.24 bits per heavy atom. The van der Waals surface area contributed by atoms with Crippen LogP contribution >= 0.6 is 23.5 Å². The number of hydrogen-bond donors (Lipinski definition) is 0. The van der Waals surface area contributed by atoms with Crippen LogP contribution in [0.5, 0.6) is 0 Å². The monoisotopic (exact) mass is 376 g/mol. The highest BCUT2D eigenvalue weighted by molar-refractivity contribution is 8.03. The Balaban J connectivity index is 1.95. The molecule has 1 aliphatic heterocycles. The second-order valence-electron chi connectivity index (χ2n) is 6.41. The van der Waals surface area contributed by atoms with Crippen molar-refractivity contribution in [1.29, 1.82) is 0 Å². The van der Waals surface area contributed by atoms with Crippen molar-refractivity contribution >= 4 is 35.1 Å². The highest BCUT2D eigenvalue weighted by Gasteiger charge is 2.29. The first kappa shape index (κ1) is 18.7. The summed E-state index contributed by atoms with van der Waals surface area (Å²) < 4.78 is 5.11. The zero-order valence-electron chi connectivity index (χ0n) is 14.9. The molecule has 134 valence electrons. The van der Waals surface area contributed by atoms with Gasteiger partial charge in [-0.1, -0.05) is 0 Å². The first-order valence-electron chi connectivity index (χ1n) is 8.81. The van der Waals surface area contributed by atoms with Crippen molar-refractivity contribution in [3.8, 4) is 0 Å². The number of ketones is 2. The third kappa shape index (κ3) is 4.04. The summed E-state index contributed by atoms with van der Waals surface area (Å²) in [5, 5.41) is 0. The quantitative estimate of drug-likeness (QED) is 0.412. The minimum Gasteiger partial charge on any atom is -0.384 e. The molecule has 0 atom stereocenters. The van der Waals surface area contributed by atoms with Crippen LogP contribution in [-0.2, 0) is 16.0 Å². The number of benzene rings is 1. The fourth-order valence-electron chi connectivity index (χ4n) is 3.45. The second-order valence-corrected chi connectivity index (χ2v) is 8.74. The SMILES string of the molecule is COCCSC1=C(C(=O)c2ccc3c(c2C)CCCS3)C(=O)CCC1. The maximum atomic E-state index is 13.2. The molecular formula is C20H24O3S2. The summed E-state index contributed by atoms with van der Waals surface area (Å²) in [4.78, 5) is 28.0. The van der Waals surface area contributed by atoms with Gasteiger partial charge in [-0.2, -0.15) is 0 Å². The minimum absolute atomic E-state index is 0.00247. The van der Waals surface area contributed by atoms with E-state index in [0.29, 0.717) is 24.2 Å². The van der Waals surface area contributed by atoms with Crippen molar-refractivity contribution in [1.82, 2.24) is 0 Å². The van der Waals surface area contributed by atoms with Crippen LogP contribution in [0.3, 0.4) is 0 Å². The number of fused-ring (bicyclic) bond motifs is 1. The number of hydrogen-bond acceptors (Lipinski definition) is 5. The Labute approximate surface area is 158 Å². The van der Waals surface area contributed by atoms with Crippen LogP contribution < -0.4 is 0 Å². The normalized spacial score (nSPS) is 17.6. The molecule has 0 radical (unpaired) electrons. The first-order valence-corrected chi connectivity index (χ1v) is 10.8. The van der Waals surface area contributed by atoms with E-state index in [4.69, 9.17) is 4.74 Å². The van der Waals surface area contributed by atoms with Gasteiger partial charge in [0.15, 0.2) is 11.6 Å². The van der Waals surface area contributed by atoms with Crippen molar-refractivity contribution < 1.29 is 14.3 Å². The Kier molecular flexibility index (Phi) is 6.42. The summed E-state index contributed by atoms with van der Waals surface area (Å²) >= 11 is 3.47. The van der Waals surface area contributed by atoms with E-state index in [1.54, 1.807) is 18.9 Å². The van der Waals surface area contributed by atoms with Crippen molar-refractivity contribution in [3.63, 3.8) is 0 Å². The number of carbonyl (C=O) groups is 2. The van der Waals surface area contributed by atoms with Crippen LogP contribution in [0.1, 0.15) is 47.2 Å². The Morgan fingerprint density at radius 2 is 2.08 bits per heavy atom. The Morgan fingerprint density at radius 3 is 2.88 bits per heavy atom. The van der Waals surface area contributed by atoms with Gasteiger partial charge in [0, 0.05) is 29.7 Å². The molecule has 0 bridgehead atoms. The number of carbonyl (C=O) groups excluding carboxylic acids is 2. The topological polar surface area (TPSA) is 43.4 Å². The summed E-state index contributed by atoms with van der Waals surface area (Å²) in [5.74, 6) is 1.84. The molecule has 1 aromatic rings. The summed E-state index contributed by atoms with van der Waals surface area (Å²) in [7, 11) is 1.67. The molecule has 0 aromatic heterocycles. The van der Waals surface area contributed by atoms with E-state index in [-0.39, 0.29) is 11.6 Å². The molecule has 0 N–H and O–H groups in total. The summed E-state index contributed by atoms with van der Waals surface area (Å²) in [6.45, 7) is 2.66. The zero-order valence-corrected chi connectivity index (χ0v) is 16.5. The smallest absolute Gasteiger partial charge is 0.197 e. The molecule has 0 saturated heterocycles. The van der Waals surface area contributed by atoms with Crippen molar-refractivity contribution in [2.75, 3.05) is 25.2 Å². The molecule has 1 heterocycles. The van der Waals surface area contributed by atoms with Crippen LogP contribution in [0.4, 0.5) is 0 Å². The average Bonchev–Trinajstić information content (AvgIpc) is 2.62. The molecule has 1 aliphatic carbocycles. The average molecular weight is 377 g/mol. The molecule has 0 saturated carbocycles. The molecule has 25 heavy (non-hydrogen) atoms. The zero-order chi connectivity index (χ0) is 17.8. The lowest BCUT2D eigenvalue weighted by molar-refractivity contribution is -0.115. The standard InChI is InChI=1S/C20H24O3S2/c1-13-14-5-4-11-24-17(14)9-8-15(13)20(22)19-16(21)6-3-7-18(19)25-12-10-23-2/h8-9H,3-7,10-12H2,1-2H3. The number of thioether (sulfide) groups is 2. The predicted molar refractivity (Wildman–Crippen MR) is 105 cm³/mol. The van der Waals surface area contributed by atoms with Gasteiger partial charge in [-0.3, -0.25) is 9.59 Å². The van der Waals surface area contributed by atoms with E-state index >= 15 is 0 Å². The van der Waals surface area contributed by atoms with E-state index < -0.39 is 0 Å². The Hall–Kier alpha value is -1.04. The largest absolute Gasteiger partial charge is 0.384 e. The maximum Gasteiger partial charge on any atom is 0.197 e. The van der Waals surface area contributed by atoms with E-state index in [1.807, 2.05) is 24.8 Å². The van der Waals surface area contributed by atoms with E-state index in [9.17, 15) is 9.59 Å². The lowest BCUT2D eigenvalue weighted by Gasteiger charge is -2.22. The minimum atomic E-state index is -0.0829. The fraction of sp³-hybridized carbons (Fsp3) is 0.500. The Bertz CT molecular complexity index is 722. The molecule has 0 unspecified atom stereocenters. The molecule has 3 nitrogen and oxygen atoms in total. The van der Waals surface area contributed by atoms with Crippen molar-refractivity contribution in [3.05, 3.63) is 39.3 Å². The lowest BCUT2D eigenvalue weighted by atomic mass is 9.88. The van der Waals surface area contributed by atoms with E-state index in [2.05, 4.69) is 6.07 Å². The lowest BCUT2D eigenvalue weighted by Crippen LogP contribution is -2.20. The van der Waals surface area contributed by atoms with Gasteiger partial charge < -0.3 is 4.74 Å². The van der Waals surface area contributed by atoms with Gasteiger partial charge in [0.1, 0.15) is 0 Å². The predicted octanol–water partition coefficient (Wildman–Crippen LogP) is 4.60. The highest BCUT2D eigenvalue weighted by atomic mass is 32.2. The van der Waals surface area contributed by atoms with Crippen LogP contribution in [0.15, 0.2) is 27.5 Å². The van der Waals surface area contributed by atoms with Crippen LogP contribution in [0.2, 0.25) is 0 Å². The molecule has 1 aromatic carbocycles. The van der Waals surface area contributed by atoms with Gasteiger partial charge in [-0.05, 0) is 66.5 Å². The molecule has 5 heteroatoms. The highest BCUT2D eigenvalue weighted by Crippen LogP contribution is 2.37. The van der Waals surface area contributed by atoms with Gasteiger partial charge in [0.25, 0.3) is 0 Å². The van der Waals surface area contributed by atoms with Crippen molar-refractivity contribution in [2.24, 2.45) is 0 Å². The van der Waals surface area contributed by atoms with Crippen LogP contribution in [-0.4, -0.2) is 36.8 Å². The molecule has 3 rings (SSSR count). The maximum absolute atomic E-state index is 13.2. The van der Waals surface area contributed by atoms with Crippen molar-refractivity contribution in [2.45, 2.75) is 43.9 Å². The number of Topliss-reactive ketones (excluding diaryl/α,β-unsaturated/α-hetero) is 2. The summed E-state index contributed by atoms with van der Waals surface area (Å²) in [6.07, 6.45) is 4.31. The third-order valence-electron chi connectivity index (χ3n) is 4.78. The first-order chi connectivity index (χ1) is 12.1. The molecule has 0 spiro atoms. The van der Waals surface area contributed by atoms with Gasteiger partial charge in [-0.15, -0.1) is 23.5 Å². The van der Waals surface area contributed by atoms with E-state index in [0.717, 1.165) is 47.7 Å². The molecular weight excluding hydrogens is 352 g/mol. The molecule has 0 amide bonds. The van der Waals surface area contributed by atoms with E-state index in [1.165, 1.54) is 10.5 Å². The number of rotatable bonds is 6. The number of methoxy groups -OCH3 is 1. The molecule has 0 fully saturated rings.